The zero-order chi connectivity index (χ0) is 10.9. The zero-order valence-electron chi connectivity index (χ0n) is 8.72. The molecule has 2 fully saturated rings. The van der Waals surface area contributed by atoms with E-state index < -0.39 is 23.9 Å². The van der Waals surface area contributed by atoms with E-state index in [1.54, 1.807) is 0 Å². The molecule has 1 aliphatic carbocycles. The molecule has 0 radical (unpaired) electrons. The van der Waals surface area contributed by atoms with Crippen molar-refractivity contribution in [2.24, 2.45) is 5.92 Å². The second-order valence-electron chi connectivity index (χ2n) is 3.98. The van der Waals surface area contributed by atoms with Crippen molar-refractivity contribution < 1.29 is 24.1 Å². The fourth-order valence-corrected chi connectivity index (χ4v) is 2.46. The maximum absolute atomic E-state index is 11.1. The van der Waals surface area contributed by atoms with Gasteiger partial charge in [0.2, 0.25) is 0 Å². The van der Waals surface area contributed by atoms with Gasteiger partial charge in [-0.2, -0.15) is 0 Å². The first kappa shape index (κ1) is 11.0. The average molecular weight is 216 g/mol. The first-order valence-electron chi connectivity index (χ1n) is 5.17. The highest BCUT2D eigenvalue weighted by molar-refractivity contribution is 5.57. The van der Waals surface area contributed by atoms with Gasteiger partial charge in [0.15, 0.2) is 5.79 Å². The van der Waals surface area contributed by atoms with Gasteiger partial charge >= 0.3 is 0 Å². The minimum Gasteiger partial charge on any atom is -0.390 e. The lowest BCUT2D eigenvalue weighted by Gasteiger charge is -2.42. The number of hydrogen-bond acceptors (Lipinski definition) is 5. The van der Waals surface area contributed by atoms with Crippen molar-refractivity contribution in [3.05, 3.63) is 0 Å². The van der Waals surface area contributed by atoms with Gasteiger partial charge in [0.1, 0.15) is 6.29 Å². The SMILES string of the molecule is CO[C@@H]1[C@H](O)CCC2(OCCO2)[C@H]1C=O. The largest absolute Gasteiger partial charge is 0.390 e. The van der Waals surface area contributed by atoms with E-state index in [-0.39, 0.29) is 0 Å². The summed E-state index contributed by atoms with van der Waals surface area (Å²) in [6, 6.07) is 0. The molecule has 5 heteroatoms. The Labute approximate surface area is 88.3 Å². The van der Waals surface area contributed by atoms with Crippen LogP contribution in [0, 0.1) is 5.92 Å². The predicted octanol–water partition coefficient (Wildman–Crippen LogP) is -0.286. The van der Waals surface area contributed by atoms with Gasteiger partial charge in [0, 0.05) is 13.5 Å². The summed E-state index contributed by atoms with van der Waals surface area (Å²) in [5.74, 6) is -1.41. The molecule has 3 atom stereocenters. The van der Waals surface area contributed by atoms with Crippen LogP contribution in [0.5, 0.6) is 0 Å². The average Bonchev–Trinajstić information content (AvgIpc) is 2.71. The summed E-state index contributed by atoms with van der Waals surface area (Å²) in [4.78, 5) is 11.1. The van der Waals surface area contributed by atoms with Gasteiger partial charge in [-0.3, -0.25) is 0 Å². The normalized spacial score (nSPS) is 39.5. The van der Waals surface area contributed by atoms with Gasteiger partial charge in [-0.15, -0.1) is 0 Å². The van der Waals surface area contributed by atoms with Gasteiger partial charge < -0.3 is 24.1 Å². The molecule has 0 aromatic carbocycles. The molecular formula is C10H16O5. The molecule has 0 aromatic heterocycles. The van der Waals surface area contributed by atoms with Crippen LogP contribution in [-0.4, -0.2) is 49.7 Å². The van der Waals surface area contributed by atoms with Crippen molar-refractivity contribution in [1.29, 1.82) is 0 Å². The molecule has 0 amide bonds. The third kappa shape index (κ3) is 1.69. The molecule has 86 valence electrons. The van der Waals surface area contributed by atoms with E-state index in [0.29, 0.717) is 26.1 Å². The summed E-state index contributed by atoms with van der Waals surface area (Å²) >= 11 is 0. The summed E-state index contributed by atoms with van der Waals surface area (Å²) in [5, 5.41) is 9.72. The molecule has 0 unspecified atom stereocenters. The van der Waals surface area contributed by atoms with Crippen LogP contribution in [0.1, 0.15) is 12.8 Å². The standard InChI is InChI=1S/C10H16O5/c1-13-9-7(6-11)10(3-2-8(9)12)14-4-5-15-10/h6-9,12H,2-5H2,1H3/t7-,8+,9-/m0/s1. The van der Waals surface area contributed by atoms with Crippen LogP contribution in [0.25, 0.3) is 0 Å². The Morgan fingerprint density at radius 2 is 2.13 bits per heavy atom. The number of methoxy groups -OCH3 is 1. The van der Waals surface area contributed by atoms with E-state index in [2.05, 4.69) is 0 Å². The number of aliphatic hydroxyl groups excluding tert-OH is 1. The second kappa shape index (κ2) is 4.17. The van der Waals surface area contributed by atoms with Gasteiger partial charge in [-0.1, -0.05) is 0 Å². The lowest BCUT2D eigenvalue weighted by molar-refractivity contribution is -0.247. The number of aliphatic hydroxyl groups is 1. The third-order valence-corrected chi connectivity index (χ3v) is 3.22. The highest BCUT2D eigenvalue weighted by Gasteiger charge is 2.53. The van der Waals surface area contributed by atoms with Gasteiger partial charge in [0.25, 0.3) is 0 Å². The summed E-state index contributed by atoms with van der Waals surface area (Å²) in [6.45, 7) is 0.994. The van der Waals surface area contributed by atoms with E-state index in [1.807, 2.05) is 0 Å². The Hall–Kier alpha value is -0.490. The Morgan fingerprint density at radius 1 is 1.47 bits per heavy atom. The highest BCUT2D eigenvalue weighted by Crippen LogP contribution is 2.40. The lowest BCUT2D eigenvalue weighted by atomic mass is 9.80. The van der Waals surface area contributed by atoms with Crippen LogP contribution >= 0.6 is 0 Å². The van der Waals surface area contributed by atoms with Crippen molar-refractivity contribution >= 4 is 6.29 Å². The van der Waals surface area contributed by atoms with Gasteiger partial charge in [-0.25, -0.2) is 0 Å². The number of carbonyl (C=O) groups is 1. The first-order chi connectivity index (χ1) is 7.23. The van der Waals surface area contributed by atoms with Crippen molar-refractivity contribution in [1.82, 2.24) is 0 Å². The number of hydrogen-bond donors (Lipinski definition) is 1. The molecule has 1 heterocycles. The third-order valence-electron chi connectivity index (χ3n) is 3.22. The van der Waals surface area contributed by atoms with Crippen LogP contribution in [0.3, 0.4) is 0 Å². The molecule has 1 saturated carbocycles. The first-order valence-corrected chi connectivity index (χ1v) is 5.17. The Bertz CT molecular complexity index is 236. The fourth-order valence-electron chi connectivity index (χ4n) is 2.46. The van der Waals surface area contributed by atoms with Crippen LogP contribution in [0.15, 0.2) is 0 Å². The van der Waals surface area contributed by atoms with Crippen molar-refractivity contribution in [2.45, 2.75) is 30.8 Å². The van der Waals surface area contributed by atoms with E-state index in [4.69, 9.17) is 14.2 Å². The van der Waals surface area contributed by atoms with Crippen molar-refractivity contribution in [3.63, 3.8) is 0 Å². The number of ether oxygens (including phenoxy) is 3. The summed E-state index contributed by atoms with van der Waals surface area (Å²) < 4.78 is 16.2. The summed E-state index contributed by atoms with van der Waals surface area (Å²) in [6.07, 6.45) is 0.681. The smallest absolute Gasteiger partial charge is 0.180 e. The van der Waals surface area contributed by atoms with Crippen LogP contribution < -0.4 is 0 Å². The Balaban J connectivity index is 2.21. The minimum atomic E-state index is -0.859. The van der Waals surface area contributed by atoms with E-state index >= 15 is 0 Å². The fraction of sp³-hybridized carbons (Fsp3) is 0.900. The zero-order valence-corrected chi connectivity index (χ0v) is 8.72. The molecule has 1 saturated heterocycles. The van der Waals surface area contributed by atoms with Gasteiger partial charge in [0.05, 0.1) is 31.3 Å². The molecule has 2 rings (SSSR count). The predicted molar refractivity (Wildman–Crippen MR) is 50.2 cm³/mol. The summed E-state index contributed by atoms with van der Waals surface area (Å²) in [5.41, 5.74) is 0. The second-order valence-corrected chi connectivity index (χ2v) is 3.98. The molecular weight excluding hydrogens is 200 g/mol. The van der Waals surface area contributed by atoms with Crippen molar-refractivity contribution in [3.8, 4) is 0 Å². The number of rotatable bonds is 2. The van der Waals surface area contributed by atoms with Crippen LogP contribution in [-0.2, 0) is 19.0 Å². The Morgan fingerprint density at radius 3 is 2.67 bits per heavy atom. The van der Waals surface area contributed by atoms with Crippen LogP contribution in [0.4, 0.5) is 0 Å². The Kier molecular flexibility index (Phi) is 3.06. The molecule has 15 heavy (non-hydrogen) atoms. The molecule has 5 nitrogen and oxygen atoms in total. The van der Waals surface area contributed by atoms with E-state index in [1.165, 1.54) is 7.11 Å². The molecule has 0 bridgehead atoms. The van der Waals surface area contributed by atoms with E-state index in [9.17, 15) is 9.90 Å². The quantitative estimate of drug-likeness (QED) is 0.643. The lowest BCUT2D eigenvalue weighted by Crippen LogP contribution is -2.55. The minimum absolute atomic E-state index is 0.497. The number of aldehydes is 1. The molecule has 2 aliphatic rings. The van der Waals surface area contributed by atoms with Crippen LogP contribution in [0.2, 0.25) is 0 Å². The molecule has 1 aliphatic heterocycles. The van der Waals surface area contributed by atoms with E-state index in [0.717, 1.165) is 6.29 Å². The van der Waals surface area contributed by atoms with Gasteiger partial charge in [-0.05, 0) is 6.42 Å². The summed E-state index contributed by atoms with van der Waals surface area (Å²) in [7, 11) is 1.48. The highest BCUT2D eigenvalue weighted by atomic mass is 16.7. The molecule has 1 N–H and O–H groups in total. The monoisotopic (exact) mass is 216 g/mol. The molecule has 0 aromatic rings. The maximum atomic E-state index is 11.1. The topological polar surface area (TPSA) is 65.0 Å². The van der Waals surface area contributed by atoms with Crippen molar-refractivity contribution in [2.75, 3.05) is 20.3 Å². The maximum Gasteiger partial charge on any atom is 0.180 e. The molecule has 1 spiro atoms. The number of carbonyl (C=O) groups excluding carboxylic acids is 1.